The van der Waals surface area contributed by atoms with Crippen LogP contribution in [0.5, 0.6) is 0 Å². The summed E-state index contributed by atoms with van der Waals surface area (Å²) in [6, 6.07) is -0.829. The highest BCUT2D eigenvalue weighted by atomic mass is 19.4. The molecule has 1 N–H and O–H groups in total. The minimum atomic E-state index is -4.26. The van der Waals surface area contributed by atoms with Gasteiger partial charge < -0.3 is 5.32 Å². The lowest BCUT2D eigenvalue weighted by molar-refractivity contribution is -0.189. The van der Waals surface area contributed by atoms with Gasteiger partial charge in [0.05, 0.1) is 5.92 Å². The van der Waals surface area contributed by atoms with Crippen molar-refractivity contribution in [3.8, 4) is 0 Å². The normalized spacial score (nSPS) is 24.2. The highest BCUT2D eigenvalue weighted by Gasteiger charge is 2.45. The Morgan fingerprint density at radius 1 is 1.37 bits per heavy atom. The van der Waals surface area contributed by atoms with Crippen LogP contribution in [-0.2, 0) is 11.3 Å². The van der Waals surface area contributed by atoms with Crippen molar-refractivity contribution in [2.45, 2.75) is 44.4 Å². The van der Waals surface area contributed by atoms with E-state index in [9.17, 15) is 18.0 Å². The Morgan fingerprint density at radius 2 is 2.11 bits per heavy atom. The lowest BCUT2D eigenvalue weighted by Crippen LogP contribution is -2.48. The molecule has 1 amide bonds. The zero-order valence-corrected chi connectivity index (χ0v) is 10.2. The van der Waals surface area contributed by atoms with Crippen molar-refractivity contribution in [2.24, 2.45) is 5.92 Å². The van der Waals surface area contributed by atoms with Crippen LogP contribution >= 0.6 is 0 Å². The van der Waals surface area contributed by atoms with Gasteiger partial charge in [0.25, 0.3) is 0 Å². The van der Waals surface area contributed by atoms with Crippen LogP contribution < -0.4 is 5.32 Å². The molecule has 1 heterocycles. The summed E-state index contributed by atoms with van der Waals surface area (Å²) in [7, 11) is 0. The van der Waals surface area contributed by atoms with Crippen LogP contribution in [0.3, 0.4) is 0 Å². The summed E-state index contributed by atoms with van der Waals surface area (Å²) in [6.07, 6.45) is 0.0746. The molecule has 1 saturated carbocycles. The first-order valence-corrected chi connectivity index (χ1v) is 6.15. The van der Waals surface area contributed by atoms with Gasteiger partial charge in [-0.05, 0) is 12.8 Å². The monoisotopic (exact) mass is 276 g/mol. The van der Waals surface area contributed by atoms with Crippen LogP contribution in [0, 0.1) is 5.92 Å². The van der Waals surface area contributed by atoms with Crippen molar-refractivity contribution >= 4 is 5.91 Å². The second-order valence-electron chi connectivity index (χ2n) is 4.70. The number of nitrogens with zero attached hydrogens (tertiary/aromatic N) is 3. The number of carbonyl (C=O) groups excluding carboxylic acids is 1. The van der Waals surface area contributed by atoms with Gasteiger partial charge in [-0.2, -0.15) is 18.3 Å². The van der Waals surface area contributed by atoms with Gasteiger partial charge in [0.1, 0.15) is 19.2 Å². The number of halogens is 3. The molecule has 0 unspecified atom stereocenters. The Balaban J connectivity index is 1.94. The van der Waals surface area contributed by atoms with Gasteiger partial charge in [0.2, 0.25) is 5.91 Å². The maximum atomic E-state index is 12.8. The van der Waals surface area contributed by atoms with E-state index in [1.807, 2.05) is 0 Å². The topological polar surface area (TPSA) is 59.8 Å². The molecule has 0 bridgehead atoms. The summed E-state index contributed by atoms with van der Waals surface area (Å²) >= 11 is 0. The molecule has 0 spiro atoms. The molecule has 19 heavy (non-hydrogen) atoms. The summed E-state index contributed by atoms with van der Waals surface area (Å²) in [5, 5.41) is 6.21. The van der Waals surface area contributed by atoms with Gasteiger partial charge in [-0.25, -0.2) is 9.67 Å². The van der Waals surface area contributed by atoms with Crippen LogP contribution in [0.2, 0.25) is 0 Å². The average Bonchev–Trinajstić information content (AvgIpc) is 2.81. The maximum Gasteiger partial charge on any atom is 0.393 e. The molecule has 2 atom stereocenters. The van der Waals surface area contributed by atoms with Crippen LogP contribution in [0.25, 0.3) is 0 Å². The zero-order chi connectivity index (χ0) is 13.9. The van der Waals surface area contributed by atoms with E-state index in [1.54, 1.807) is 0 Å². The maximum absolute atomic E-state index is 12.8. The number of hydrogen-bond donors (Lipinski definition) is 1. The van der Waals surface area contributed by atoms with Gasteiger partial charge >= 0.3 is 6.18 Å². The quantitative estimate of drug-likeness (QED) is 0.910. The van der Waals surface area contributed by atoms with E-state index in [4.69, 9.17) is 0 Å². The first-order valence-electron chi connectivity index (χ1n) is 6.15. The van der Waals surface area contributed by atoms with Gasteiger partial charge in [0, 0.05) is 6.04 Å². The number of rotatable bonds is 3. The number of carbonyl (C=O) groups is 1. The van der Waals surface area contributed by atoms with Crippen molar-refractivity contribution < 1.29 is 18.0 Å². The Hall–Kier alpha value is -1.60. The molecule has 0 aromatic carbocycles. The molecular formula is C11H15F3N4O. The third-order valence-electron chi connectivity index (χ3n) is 3.30. The number of amides is 1. The van der Waals surface area contributed by atoms with Crippen molar-refractivity contribution in [1.29, 1.82) is 0 Å². The van der Waals surface area contributed by atoms with E-state index >= 15 is 0 Å². The van der Waals surface area contributed by atoms with Gasteiger partial charge in [-0.15, -0.1) is 0 Å². The smallest absolute Gasteiger partial charge is 0.351 e. The third-order valence-corrected chi connectivity index (χ3v) is 3.30. The third kappa shape index (κ3) is 3.68. The van der Waals surface area contributed by atoms with Crippen LogP contribution in [0.15, 0.2) is 12.7 Å². The zero-order valence-electron chi connectivity index (χ0n) is 10.2. The average molecular weight is 276 g/mol. The molecule has 106 valence electrons. The summed E-state index contributed by atoms with van der Waals surface area (Å²) < 4.78 is 39.8. The highest BCUT2D eigenvalue weighted by Crippen LogP contribution is 2.37. The fourth-order valence-electron chi connectivity index (χ4n) is 2.41. The lowest BCUT2D eigenvalue weighted by Gasteiger charge is -2.33. The first-order chi connectivity index (χ1) is 8.97. The van der Waals surface area contributed by atoms with E-state index in [-0.39, 0.29) is 13.0 Å². The lowest BCUT2D eigenvalue weighted by atomic mass is 9.84. The summed E-state index contributed by atoms with van der Waals surface area (Å²) in [5.41, 5.74) is 0. The molecule has 1 aromatic rings. The van der Waals surface area contributed by atoms with Gasteiger partial charge in [0.15, 0.2) is 0 Å². The predicted octanol–water partition coefficient (Wildman–Crippen LogP) is 1.52. The van der Waals surface area contributed by atoms with Crippen molar-refractivity contribution in [3.63, 3.8) is 0 Å². The van der Waals surface area contributed by atoms with Crippen LogP contribution in [0.1, 0.15) is 25.7 Å². The second kappa shape index (κ2) is 5.58. The van der Waals surface area contributed by atoms with E-state index in [0.29, 0.717) is 19.3 Å². The van der Waals surface area contributed by atoms with Crippen molar-refractivity contribution in [3.05, 3.63) is 12.7 Å². The molecule has 1 fully saturated rings. The fourth-order valence-corrected chi connectivity index (χ4v) is 2.41. The van der Waals surface area contributed by atoms with Crippen LogP contribution in [0.4, 0.5) is 13.2 Å². The largest absolute Gasteiger partial charge is 0.393 e. The second-order valence-corrected chi connectivity index (χ2v) is 4.70. The molecule has 1 aliphatic rings. The molecule has 0 saturated heterocycles. The SMILES string of the molecule is O=C(Cn1cncn1)N[C@H]1CCCC[C@H]1C(F)(F)F. The van der Waals surface area contributed by atoms with E-state index < -0.39 is 24.0 Å². The van der Waals surface area contributed by atoms with E-state index in [1.165, 1.54) is 17.3 Å². The molecular weight excluding hydrogens is 261 g/mol. The van der Waals surface area contributed by atoms with Gasteiger partial charge in [-0.3, -0.25) is 4.79 Å². The predicted molar refractivity (Wildman–Crippen MR) is 60.0 cm³/mol. The number of alkyl halides is 3. The number of hydrogen-bond acceptors (Lipinski definition) is 3. The standard InChI is InChI=1S/C11H15F3N4O/c12-11(13,14)8-3-1-2-4-9(8)17-10(19)5-18-7-15-6-16-18/h6-9H,1-5H2,(H,17,19)/t8-,9+/m1/s1. The molecule has 1 aromatic heterocycles. The molecule has 8 heteroatoms. The number of aromatic nitrogens is 3. The molecule has 0 aliphatic heterocycles. The number of nitrogens with one attached hydrogen (secondary N) is 1. The molecule has 2 rings (SSSR count). The first kappa shape index (κ1) is 13.8. The fraction of sp³-hybridized carbons (Fsp3) is 0.727. The van der Waals surface area contributed by atoms with E-state index in [0.717, 1.165) is 0 Å². The van der Waals surface area contributed by atoms with Crippen LogP contribution in [-0.4, -0.2) is 32.9 Å². The minimum absolute atomic E-state index is 0.0811. The summed E-state index contributed by atoms with van der Waals surface area (Å²) in [5.74, 6) is -1.91. The Labute approximate surface area is 108 Å². The Kier molecular flexibility index (Phi) is 4.06. The summed E-state index contributed by atoms with van der Waals surface area (Å²) in [4.78, 5) is 15.4. The van der Waals surface area contributed by atoms with E-state index in [2.05, 4.69) is 15.4 Å². The van der Waals surface area contributed by atoms with Crippen molar-refractivity contribution in [2.75, 3.05) is 0 Å². The molecule has 0 radical (unpaired) electrons. The highest BCUT2D eigenvalue weighted by molar-refractivity contribution is 5.75. The van der Waals surface area contributed by atoms with Crippen molar-refractivity contribution in [1.82, 2.24) is 20.1 Å². The van der Waals surface area contributed by atoms with Gasteiger partial charge in [-0.1, -0.05) is 12.8 Å². The Morgan fingerprint density at radius 3 is 2.74 bits per heavy atom. The molecule has 1 aliphatic carbocycles. The summed E-state index contributed by atoms with van der Waals surface area (Å²) in [6.45, 7) is -0.110. The molecule has 5 nitrogen and oxygen atoms in total. The Bertz CT molecular complexity index is 418. The minimum Gasteiger partial charge on any atom is -0.351 e.